The molecule has 2 rings (SSSR count). The number of amides is 1. The summed E-state index contributed by atoms with van der Waals surface area (Å²) in [7, 11) is 0. The van der Waals surface area contributed by atoms with Crippen molar-refractivity contribution in [1.82, 2.24) is 4.90 Å². The van der Waals surface area contributed by atoms with Crippen molar-refractivity contribution in [2.45, 2.75) is 32.1 Å². The molecule has 1 aromatic carbocycles. The van der Waals surface area contributed by atoms with Gasteiger partial charge in [-0.15, -0.1) is 12.4 Å². The van der Waals surface area contributed by atoms with E-state index in [4.69, 9.17) is 10.5 Å². The van der Waals surface area contributed by atoms with Crippen molar-refractivity contribution < 1.29 is 23.0 Å². The van der Waals surface area contributed by atoms with Gasteiger partial charge in [0.15, 0.2) is 0 Å². The summed E-state index contributed by atoms with van der Waals surface area (Å²) in [4.78, 5) is 13.8. The quantitative estimate of drug-likeness (QED) is 0.885. The van der Waals surface area contributed by atoms with Gasteiger partial charge in [0, 0.05) is 19.0 Å². The second-order valence-corrected chi connectivity index (χ2v) is 5.33. The standard InChI is InChI=1S/C15H20F2N2O3.ClH/c1-10(18)7-14(20)19-5-6-21-13(9-19)11-3-2-4-12(8-11)22-15(16)17;/h2-4,8,10,13,15H,5-7,9,18H2,1H3;1H. The zero-order valence-electron chi connectivity index (χ0n) is 12.8. The molecule has 2 N–H and O–H groups in total. The first kappa shape index (κ1) is 19.6. The highest BCUT2D eigenvalue weighted by atomic mass is 35.5. The van der Waals surface area contributed by atoms with Gasteiger partial charge in [-0.3, -0.25) is 4.79 Å². The molecular formula is C15H21ClF2N2O3. The summed E-state index contributed by atoms with van der Waals surface area (Å²) in [6.07, 6.45) is -0.0756. The predicted octanol–water partition coefficient (Wildman–Crippen LogP) is 2.35. The average Bonchev–Trinajstić information content (AvgIpc) is 2.46. The third-order valence-corrected chi connectivity index (χ3v) is 3.37. The molecule has 0 aliphatic carbocycles. The number of morpholine rings is 1. The van der Waals surface area contributed by atoms with Gasteiger partial charge in [0.1, 0.15) is 11.9 Å². The Hall–Kier alpha value is -1.44. The van der Waals surface area contributed by atoms with Gasteiger partial charge in [-0.05, 0) is 24.6 Å². The lowest BCUT2D eigenvalue weighted by atomic mass is 10.1. The first-order valence-corrected chi connectivity index (χ1v) is 7.15. The Kier molecular flexibility index (Phi) is 7.67. The minimum Gasteiger partial charge on any atom is -0.435 e. The van der Waals surface area contributed by atoms with Crippen LogP contribution in [0.25, 0.3) is 0 Å². The van der Waals surface area contributed by atoms with Crippen LogP contribution in [0.3, 0.4) is 0 Å². The minimum atomic E-state index is -2.87. The van der Waals surface area contributed by atoms with Crippen LogP contribution in [0.4, 0.5) is 8.78 Å². The summed E-state index contributed by atoms with van der Waals surface area (Å²) < 4.78 is 34.6. The lowest BCUT2D eigenvalue weighted by Gasteiger charge is -2.33. The van der Waals surface area contributed by atoms with Gasteiger partial charge < -0.3 is 20.1 Å². The van der Waals surface area contributed by atoms with Crippen molar-refractivity contribution in [2.75, 3.05) is 19.7 Å². The molecule has 0 saturated carbocycles. The van der Waals surface area contributed by atoms with Crippen molar-refractivity contribution in [3.8, 4) is 5.75 Å². The molecule has 2 unspecified atom stereocenters. The molecule has 1 fully saturated rings. The Morgan fingerprint density at radius 1 is 1.52 bits per heavy atom. The molecule has 0 spiro atoms. The second kappa shape index (κ2) is 9.00. The van der Waals surface area contributed by atoms with E-state index in [2.05, 4.69) is 4.74 Å². The van der Waals surface area contributed by atoms with E-state index in [-0.39, 0.29) is 42.6 Å². The smallest absolute Gasteiger partial charge is 0.387 e. The molecule has 0 bridgehead atoms. The maximum Gasteiger partial charge on any atom is 0.387 e. The highest BCUT2D eigenvalue weighted by Crippen LogP contribution is 2.26. The fourth-order valence-corrected chi connectivity index (χ4v) is 2.37. The molecule has 1 amide bonds. The molecule has 5 nitrogen and oxygen atoms in total. The van der Waals surface area contributed by atoms with Crippen LogP contribution in [0, 0.1) is 0 Å². The largest absolute Gasteiger partial charge is 0.435 e. The van der Waals surface area contributed by atoms with Crippen LogP contribution in [0.15, 0.2) is 24.3 Å². The van der Waals surface area contributed by atoms with E-state index in [1.165, 1.54) is 12.1 Å². The van der Waals surface area contributed by atoms with Crippen LogP contribution in [0.5, 0.6) is 5.75 Å². The van der Waals surface area contributed by atoms with Crippen molar-refractivity contribution >= 4 is 18.3 Å². The minimum absolute atomic E-state index is 0. The normalized spacial score (nSPS) is 19.2. The van der Waals surface area contributed by atoms with E-state index in [1.807, 2.05) is 0 Å². The topological polar surface area (TPSA) is 64.8 Å². The van der Waals surface area contributed by atoms with Crippen molar-refractivity contribution in [3.05, 3.63) is 29.8 Å². The van der Waals surface area contributed by atoms with Crippen LogP contribution in [0.1, 0.15) is 25.0 Å². The third kappa shape index (κ3) is 5.93. The number of carbonyl (C=O) groups excluding carboxylic acids is 1. The summed E-state index contributed by atoms with van der Waals surface area (Å²) in [5.74, 6) is 0.0541. The number of hydrogen-bond donors (Lipinski definition) is 1. The predicted molar refractivity (Wildman–Crippen MR) is 83.9 cm³/mol. The molecule has 1 aliphatic rings. The lowest BCUT2D eigenvalue weighted by Crippen LogP contribution is -2.43. The van der Waals surface area contributed by atoms with Crippen LogP contribution in [0.2, 0.25) is 0 Å². The van der Waals surface area contributed by atoms with E-state index < -0.39 is 6.61 Å². The summed E-state index contributed by atoms with van der Waals surface area (Å²) in [6.45, 7) is 0.196. The Balaban J connectivity index is 0.00000264. The molecular weight excluding hydrogens is 330 g/mol. The molecule has 130 valence electrons. The molecule has 1 aliphatic heterocycles. The number of carbonyl (C=O) groups is 1. The van der Waals surface area contributed by atoms with Gasteiger partial charge >= 0.3 is 6.61 Å². The summed E-state index contributed by atoms with van der Waals surface area (Å²) in [6, 6.07) is 6.16. The van der Waals surface area contributed by atoms with Crippen LogP contribution >= 0.6 is 12.4 Å². The van der Waals surface area contributed by atoms with Crippen molar-refractivity contribution in [2.24, 2.45) is 5.73 Å². The molecule has 2 atom stereocenters. The first-order chi connectivity index (χ1) is 10.5. The van der Waals surface area contributed by atoms with E-state index in [0.717, 1.165) is 0 Å². The maximum absolute atomic E-state index is 12.3. The molecule has 1 heterocycles. The number of hydrogen-bond acceptors (Lipinski definition) is 4. The summed E-state index contributed by atoms with van der Waals surface area (Å²) >= 11 is 0. The van der Waals surface area contributed by atoms with E-state index in [0.29, 0.717) is 25.3 Å². The zero-order valence-corrected chi connectivity index (χ0v) is 13.6. The average molecular weight is 351 g/mol. The molecule has 1 aromatic rings. The second-order valence-electron chi connectivity index (χ2n) is 5.33. The van der Waals surface area contributed by atoms with Gasteiger partial charge in [-0.25, -0.2) is 0 Å². The molecule has 8 heteroatoms. The van der Waals surface area contributed by atoms with E-state index in [1.54, 1.807) is 24.0 Å². The highest BCUT2D eigenvalue weighted by molar-refractivity contribution is 5.85. The number of benzene rings is 1. The third-order valence-electron chi connectivity index (χ3n) is 3.37. The molecule has 0 aromatic heterocycles. The molecule has 1 saturated heterocycles. The highest BCUT2D eigenvalue weighted by Gasteiger charge is 2.26. The lowest BCUT2D eigenvalue weighted by molar-refractivity contribution is -0.139. The number of halogens is 3. The number of nitrogens with zero attached hydrogens (tertiary/aromatic N) is 1. The number of rotatable bonds is 5. The van der Waals surface area contributed by atoms with Crippen molar-refractivity contribution in [1.29, 1.82) is 0 Å². The fourth-order valence-electron chi connectivity index (χ4n) is 2.37. The summed E-state index contributed by atoms with van der Waals surface area (Å²) in [5.41, 5.74) is 6.35. The van der Waals surface area contributed by atoms with Gasteiger partial charge in [0.25, 0.3) is 0 Å². The van der Waals surface area contributed by atoms with E-state index in [9.17, 15) is 13.6 Å². The van der Waals surface area contributed by atoms with Gasteiger partial charge in [0.05, 0.1) is 13.2 Å². The Morgan fingerprint density at radius 2 is 2.26 bits per heavy atom. The Morgan fingerprint density at radius 3 is 2.91 bits per heavy atom. The van der Waals surface area contributed by atoms with Gasteiger partial charge in [-0.1, -0.05) is 12.1 Å². The zero-order chi connectivity index (χ0) is 16.1. The van der Waals surface area contributed by atoms with Crippen LogP contribution in [-0.2, 0) is 9.53 Å². The number of alkyl halides is 2. The van der Waals surface area contributed by atoms with Gasteiger partial charge in [-0.2, -0.15) is 8.78 Å². The fraction of sp³-hybridized carbons (Fsp3) is 0.533. The molecule has 23 heavy (non-hydrogen) atoms. The Labute approximate surface area is 140 Å². The Bertz CT molecular complexity index is 517. The maximum atomic E-state index is 12.3. The van der Waals surface area contributed by atoms with Crippen LogP contribution < -0.4 is 10.5 Å². The molecule has 0 radical (unpaired) electrons. The van der Waals surface area contributed by atoms with Gasteiger partial charge in [0.2, 0.25) is 5.91 Å². The number of nitrogens with two attached hydrogens (primary N) is 1. The number of ether oxygens (including phenoxy) is 2. The van der Waals surface area contributed by atoms with Crippen LogP contribution in [-0.4, -0.2) is 43.2 Å². The van der Waals surface area contributed by atoms with E-state index >= 15 is 0 Å². The van der Waals surface area contributed by atoms with Crippen molar-refractivity contribution in [3.63, 3.8) is 0 Å². The first-order valence-electron chi connectivity index (χ1n) is 7.15. The summed E-state index contributed by atoms with van der Waals surface area (Å²) in [5, 5.41) is 0. The SMILES string of the molecule is CC(N)CC(=O)N1CCOC(c2cccc(OC(F)F)c2)C1.Cl. The monoisotopic (exact) mass is 350 g/mol.